The first-order valence-electron chi connectivity index (χ1n) is 4.89. The third-order valence-corrected chi connectivity index (χ3v) is 2.31. The minimum Gasteiger partial charge on any atom is -0.494 e. The number of pyridine rings is 1. The summed E-state index contributed by atoms with van der Waals surface area (Å²) in [5.74, 6) is 1.64. The molecule has 1 N–H and O–H groups in total. The Morgan fingerprint density at radius 3 is 3.07 bits per heavy atom. The summed E-state index contributed by atoms with van der Waals surface area (Å²) in [7, 11) is 1.64. The van der Waals surface area contributed by atoms with Crippen molar-refractivity contribution in [3.8, 4) is 5.75 Å². The van der Waals surface area contributed by atoms with Gasteiger partial charge < -0.3 is 14.2 Å². The predicted molar refractivity (Wildman–Crippen MR) is 57.1 cm³/mol. The van der Waals surface area contributed by atoms with Gasteiger partial charge in [0.15, 0.2) is 0 Å². The van der Waals surface area contributed by atoms with E-state index < -0.39 is 0 Å². The summed E-state index contributed by atoms with van der Waals surface area (Å²) < 4.78 is 7.16. The summed E-state index contributed by atoms with van der Waals surface area (Å²) in [5.41, 5.74) is 0.927. The summed E-state index contributed by atoms with van der Waals surface area (Å²) in [6.45, 7) is 1.75. The molecule has 2 rings (SSSR count). The first kappa shape index (κ1) is 9.98. The highest BCUT2D eigenvalue weighted by Crippen LogP contribution is 2.20. The van der Waals surface area contributed by atoms with E-state index in [1.165, 1.54) is 0 Å². The molecule has 4 nitrogen and oxygen atoms in total. The number of rotatable bonds is 3. The molecular formula is C11H14N2O2. The molecule has 80 valence electrons. The van der Waals surface area contributed by atoms with E-state index >= 15 is 0 Å². The molecule has 0 fully saturated rings. The lowest BCUT2D eigenvalue weighted by Crippen LogP contribution is -2.07. The van der Waals surface area contributed by atoms with Gasteiger partial charge in [-0.2, -0.15) is 0 Å². The van der Waals surface area contributed by atoms with Crippen molar-refractivity contribution < 1.29 is 9.84 Å². The first-order valence-corrected chi connectivity index (χ1v) is 4.89. The van der Waals surface area contributed by atoms with Crippen molar-refractivity contribution in [3.63, 3.8) is 0 Å². The Hall–Kier alpha value is -1.55. The molecule has 0 aromatic carbocycles. The standard InChI is InChI=1S/C11H14N2O2/c1-8(14)6-11-12-7-9-10(15-2)4-3-5-13(9)11/h3-5,7-8,14H,6H2,1-2H3. The number of nitrogens with zero attached hydrogens (tertiary/aromatic N) is 2. The van der Waals surface area contributed by atoms with E-state index in [1.54, 1.807) is 20.2 Å². The fourth-order valence-corrected chi connectivity index (χ4v) is 1.64. The Morgan fingerprint density at radius 1 is 1.60 bits per heavy atom. The molecule has 1 unspecified atom stereocenters. The lowest BCUT2D eigenvalue weighted by molar-refractivity contribution is 0.192. The van der Waals surface area contributed by atoms with Crippen LogP contribution in [0.4, 0.5) is 0 Å². The van der Waals surface area contributed by atoms with Crippen molar-refractivity contribution in [3.05, 3.63) is 30.4 Å². The van der Waals surface area contributed by atoms with E-state index in [2.05, 4.69) is 4.98 Å². The van der Waals surface area contributed by atoms with E-state index in [-0.39, 0.29) is 6.10 Å². The van der Waals surface area contributed by atoms with Gasteiger partial charge in [0, 0.05) is 12.6 Å². The van der Waals surface area contributed by atoms with Gasteiger partial charge in [0.25, 0.3) is 0 Å². The highest BCUT2D eigenvalue weighted by molar-refractivity contribution is 5.59. The minimum atomic E-state index is -0.387. The molecule has 0 amide bonds. The summed E-state index contributed by atoms with van der Waals surface area (Å²) in [6.07, 6.45) is 3.84. The number of fused-ring (bicyclic) bond motifs is 1. The van der Waals surface area contributed by atoms with Crippen molar-refractivity contribution in [1.82, 2.24) is 9.38 Å². The summed E-state index contributed by atoms with van der Waals surface area (Å²) in [6, 6.07) is 3.79. The van der Waals surface area contributed by atoms with Crippen molar-refractivity contribution in [2.45, 2.75) is 19.4 Å². The van der Waals surface area contributed by atoms with Crippen LogP contribution in [0.15, 0.2) is 24.5 Å². The second-order valence-corrected chi connectivity index (χ2v) is 3.56. The van der Waals surface area contributed by atoms with Crippen molar-refractivity contribution in [2.75, 3.05) is 7.11 Å². The van der Waals surface area contributed by atoms with Crippen LogP contribution in [0.5, 0.6) is 5.75 Å². The average molecular weight is 206 g/mol. The highest BCUT2D eigenvalue weighted by atomic mass is 16.5. The lowest BCUT2D eigenvalue weighted by Gasteiger charge is -2.05. The second kappa shape index (κ2) is 3.90. The topological polar surface area (TPSA) is 46.8 Å². The number of imidazole rings is 1. The van der Waals surface area contributed by atoms with E-state index in [0.717, 1.165) is 17.1 Å². The monoisotopic (exact) mass is 206 g/mol. The zero-order chi connectivity index (χ0) is 10.8. The minimum absolute atomic E-state index is 0.387. The molecule has 0 saturated heterocycles. The quantitative estimate of drug-likeness (QED) is 0.822. The number of hydrogen-bond donors (Lipinski definition) is 1. The predicted octanol–water partition coefficient (Wildman–Crippen LogP) is 1.27. The van der Waals surface area contributed by atoms with Gasteiger partial charge in [-0.15, -0.1) is 0 Å². The second-order valence-electron chi connectivity index (χ2n) is 3.56. The largest absolute Gasteiger partial charge is 0.494 e. The van der Waals surface area contributed by atoms with E-state index in [9.17, 15) is 5.11 Å². The lowest BCUT2D eigenvalue weighted by atomic mass is 10.3. The zero-order valence-electron chi connectivity index (χ0n) is 8.84. The van der Waals surface area contributed by atoms with Crippen LogP contribution >= 0.6 is 0 Å². The van der Waals surface area contributed by atoms with Crippen LogP contribution in [0.3, 0.4) is 0 Å². The number of methoxy groups -OCH3 is 1. The molecule has 2 heterocycles. The number of hydrogen-bond acceptors (Lipinski definition) is 3. The van der Waals surface area contributed by atoms with E-state index in [0.29, 0.717) is 6.42 Å². The van der Waals surface area contributed by atoms with Crippen molar-refractivity contribution >= 4 is 5.52 Å². The number of ether oxygens (including phenoxy) is 1. The van der Waals surface area contributed by atoms with Gasteiger partial charge >= 0.3 is 0 Å². The van der Waals surface area contributed by atoms with Crippen LogP contribution in [0.1, 0.15) is 12.7 Å². The number of aliphatic hydroxyl groups is 1. The van der Waals surface area contributed by atoms with Gasteiger partial charge in [-0.05, 0) is 19.1 Å². The summed E-state index contributed by atoms with van der Waals surface area (Å²) in [4.78, 5) is 4.27. The molecule has 1 atom stereocenters. The molecule has 0 aliphatic heterocycles. The van der Waals surface area contributed by atoms with Crippen LogP contribution in [0.25, 0.3) is 5.52 Å². The maximum atomic E-state index is 9.33. The maximum absolute atomic E-state index is 9.33. The molecule has 2 aromatic rings. The Kier molecular flexibility index (Phi) is 2.60. The van der Waals surface area contributed by atoms with Crippen LogP contribution in [0, 0.1) is 0 Å². The van der Waals surface area contributed by atoms with E-state index in [1.807, 2.05) is 22.7 Å². The normalized spacial score (nSPS) is 13.0. The Bertz CT molecular complexity index is 463. The van der Waals surface area contributed by atoms with Crippen molar-refractivity contribution in [1.29, 1.82) is 0 Å². The average Bonchev–Trinajstić information content (AvgIpc) is 2.61. The number of aliphatic hydroxyl groups excluding tert-OH is 1. The third-order valence-electron chi connectivity index (χ3n) is 2.31. The van der Waals surface area contributed by atoms with Gasteiger partial charge in [-0.3, -0.25) is 0 Å². The Balaban J connectivity index is 2.51. The fourth-order valence-electron chi connectivity index (χ4n) is 1.64. The van der Waals surface area contributed by atoms with Gasteiger partial charge in [0.2, 0.25) is 0 Å². The Labute approximate surface area is 88.1 Å². The van der Waals surface area contributed by atoms with Crippen LogP contribution in [0.2, 0.25) is 0 Å². The highest BCUT2D eigenvalue weighted by Gasteiger charge is 2.08. The summed E-state index contributed by atoms with van der Waals surface area (Å²) >= 11 is 0. The van der Waals surface area contributed by atoms with Gasteiger partial charge in [-0.1, -0.05) is 0 Å². The molecule has 4 heteroatoms. The molecule has 15 heavy (non-hydrogen) atoms. The zero-order valence-corrected chi connectivity index (χ0v) is 8.84. The molecule has 0 aliphatic carbocycles. The molecule has 0 bridgehead atoms. The Morgan fingerprint density at radius 2 is 2.40 bits per heavy atom. The molecule has 0 radical (unpaired) electrons. The maximum Gasteiger partial charge on any atom is 0.144 e. The first-order chi connectivity index (χ1) is 7.22. The smallest absolute Gasteiger partial charge is 0.144 e. The van der Waals surface area contributed by atoms with Crippen molar-refractivity contribution in [2.24, 2.45) is 0 Å². The molecule has 0 saturated carbocycles. The van der Waals surface area contributed by atoms with Crippen LogP contribution in [-0.4, -0.2) is 27.7 Å². The van der Waals surface area contributed by atoms with Crippen LogP contribution < -0.4 is 4.74 Å². The molecular weight excluding hydrogens is 192 g/mol. The van der Waals surface area contributed by atoms with E-state index in [4.69, 9.17) is 4.74 Å². The SMILES string of the molecule is COc1cccn2c(CC(C)O)ncc12. The fraction of sp³-hybridized carbons (Fsp3) is 0.364. The molecule has 0 spiro atoms. The van der Waals surface area contributed by atoms with Gasteiger partial charge in [0.1, 0.15) is 17.1 Å². The van der Waals surface area contributed by atoms with Crippen LogP contribution in [-0.2, 0) is 6.42 Å². The summed E-state index contributed by atoms with van der Waals surface area (Å²) in [5, 5.41) is 9.33. The molecule has 2 aromatic heterocycles. The van der Waals surface area contributed by atoms with Gasteiger partial charge in [-0.25, -0.2) is 4.98 Å². The van der Waals surface area contributed by atoms with Gasteiger partial charge in [0.05, 0.1) is 19.4 Å². The molecule has 0 aliphatic rings. The third kappa shape index (κ3) is 1.80. The number of aromatic nitrogens is 2.